The molecule has 2 rings (SSSR count). The molecule has 106 valence electrons. The fourth-order valence-corrected chi connectivity index (χ4v) is 1.88. The minimum atomic E-state index is -2.86. The molecule has 2 nitrogen and oxygen atoms in total. The number of alkyl halides is 2. The van der Waals surface area contributed by atoms with Gasteiger partial charge in [0, 0.05) is 17.8 Å². The van der Waals surface area contributed by atoms with Crippen molar-refractivity contribution in [3.63, 3.8) is 0 Å². The van der Waals surface area contributed by atoms with E-state index in [1.807, 2.05) is 0 Å². The van der Waals surface area contributed by atoms with E-state index in [1.165, 1.54) is 18.2 Å². The molecule has 0 atom stereocenters. The van der Waals surface area contributed by atoms with Crippen molar-refractivity contribution in [2.24, 2.45) is 0 Å². The topological polar surface area (TPSA) is 21.3 Å². The van der Waals surface area contributed by atoms with Crippen LogP contribution in [0.5, 0.6) is 5.75 Å². The number of halogens is 3. The molecule has 0 aliphatic heterocycles. The van der Waals surface area contributed by atoms with Crippen molar-refractivity contribution in [3.05, 3.63) is 59.4 Å². The molecular formula is C15H14F3NO. The van der Waals surface area contributed by atoms with Crippen LogP contribution in [0.25, 0.3) is 0 Å². The Bertz CT molecular complexity index is 587. The van der Waals surface area contributed by atoms with E-state index in [1.54, 1.807) is 31.2 Å². The van der Waals surface area contributed by atoms with Gasteiger partial charge in [0.05, 0.1) is 0 Å². The van der Waals surface area contributed by atoms with Crippen LogP contribution in [0, 0.1) is 12.7 Å². The molecule has 0 unspecified atom stereocenters. The molecule has 2 aromatic rings. The average molecular weight is 281 g/mol. The summed E-state index contributed by atoms with van der Waals surface area (Å²) in [7, 11) is 0. The van der Waals surface area contributed by atoms with E-state index in [0.717, 1.165) is 11.3 Å². The quantitative estimate of drug-likeness (QED) is 0.879. The van der Waals surface area contributed by atoms with Crippen molar-refractivity contribution in [1.29, 1.82) is 0 Å². The summed E-state index contributed by atoms with van der Waals surface area (Å²) in [5.74, 6) is -0.177. The van der Waals surface area contributed by atoms with Gasteiger partial charge in [-0.3, -0.25) is 0 Å². The first kappa shape index (κ1) is 14.2. The molecular weight excluding hydrogens is 267 g/mol. The number of rotatable bonds is 5. The first-order chi connectivity index (χ1) is 9.56. The molecule has 0 bridgehead atoms. The van der Waals surface area contributed by atoms with Gasteiger partial charge in [-0.15, -0.1) is 0 Å². The van der Waals surface area contributed by atoms with Crippen LogP contribution in [0.4, 0.5) is 18.9 Å². The Balaban J connectivity index is 2.10. The fourth-order valence-electron chi connectivity index (χ4n) is 1.88. The molecule has 0 amide bonds. The SMILES string of the molecule is Cc1cc(F)ccc1NCc1ccccc1OC(F)F. The summed E-state index contributed by atoms with van der Waals surface area (Å²) in [4.78, 5) is 0. The molecule has 0 saturated carbocycles. The molecule has 1 N–H and O–H groups in total. The van der Waals surface area contributed by atoms with Gasteiger partial charge in [0.25, 0.3) is 0 Å². The van der Waals surface area contributed by atoms with Crippen LogP contribution in [-0.2, 0) is 6.54 Å². The number of aryl methyl sites for hydroxylation is 1. The molecule has 0 radical (unpaired) electrons. The van der Waals surface area contributed by atoms with E-state index >= 15 is 0 Å². The molecule has 0 saturated heterocycles. The van der Waals surface area contributed by atoms with Crippen LogP contribution in [-0.4, -0.2) is 6.61 Å². The summed E-state index contributed by atoms with van der Waals surface area (Å²) in [6.45, 7) is -0.772. The van der Waals surface area contributed by atoms with Gasteiger partial charge in [-0.2, -0.15) is 8.78 Å². The summed E-state index contributed by atoms with van der Waals surface area (Å²) < 4.78 is 42.0. The highest BCUT2D eigenvalue weighted by Gasteiger charge is 2.09. The molecule has 2 aromatic carbocycles. The van der Waals surface area contributed by atoms with Gasteiger partial charge >= 0.3 is 6.61 Å². The summed E-state index contributed by atoms with van der Waals surface area (Å²) in [5, 5.41) is 3.08. The molecule has 5 heteroatoms. The lowest BCUT2D eigenvalue weighted by Gasteiger charge is -2.13. The highest BCUT2D eigenvalue weighted by atomic mass is 19.3. The Labute approximate surface area is 115 Å². The first-order valence-corrected chi connectivity index (χ1v) is 6.09. The number of benzene rings is 2. The van der Waals surface area contributed by atoms with Gasteiger partial charge in [-0.05, 0) is 36.8 Å². The van der Waals surface area contributed by atoms with Gasteiger partial charge in [-0.25, -0.2) is 4.39 Å². The maximum Gasteiger partial charge on any atom is 0.387 e. The minimum Gasteiger partial charge on any atom is -0.434 e. The van der Waals surface area contributed by atoms with Crippen LogP contribution in [0.3, 0.4) is 0 Å². The Kier molecular flexibility index (Phi) is 4.50. The third-order valence-electron chi connectivity index (χ3n) is 2.85. The van der Waals surface area contributed by atoms with Crippen molar-refractivity contribution in [2.45, 2.75) is 20.1 Å². The second-order valence-electron chi connectivity index (χ2n) is 4.30. The maximum atomic E-state index is 13.0. The molecule has 0 aliphatic carbocycles. The van der Waals surface area contributed by atoms with Crippen molar-refractivity contribution in [2.75, 3.05) is 5.32 Å². The second kappa shape index (κ2) is 6.32. The van der Waals surface area contributed by atoms with Gasteiger partial charge in [0.1, 0.15) is 11.6 Å². The van der Waals surface area contributed by atoms with Crippen molar-refractivity contribution >= 4 is 5.69 Å². The number of hydrogen-bond donors (Lipinski definition) is 1. The van der Waals surface area contributed by atoms with Crippen LogP contribution in [0.1, 0.15) is 11.1 Å². The number of nitrogens with one attached hydrogen (secondary N) is 1. The number of hydrogen-bond acceptors (Lipinski definition) is 2. The van der Waals surface area contributed by atoms with Gasteiger partial charge in [-0.1, -0.05) is 18.2 Å². The van der Waals surface area contributed by atoms with E-state index in [4.69, 9.17) is 0 Å². The molecule has 0 aromatic heterocycles. The Hall–Kier alpha value is -2.17. The highest BCUT2D eigenvalue weighted by Crippen LogP contribution is 2.22. The lowest BCUT2D eigenvalue weighted by atomic mass is 10.1. The smallest absolute Gasteiger partial charge is 0.387 e. The van der Waals surface area contributed by atoms with Crippen LogP contribution in [0.15, 0.2) is 42.5 Å². The first-order valence-electron chi connectivity index (χ1n) is 6.09. The monoisotopic (exact) mass is 281 g/mol. The van der Waals surface area contributed by atoms with Crippen molar-refractivity contribution < 1.29 is 17.9 Å². The van der Waals surface area contributed by atoms with Gasteiger partial charge < -0.3 is 10.1 Å². The molecule has 0 heterocycles. The lowest BCUT2D eigenvalue weighted by Crippen LogP contribution is -2.07. The van der Waals surface area contributed by atoms with E-state index in [9.17, 15) is 13.2 Å². The molecule has 0 fully saturated rings. The predicted octanol–water partition coefficient (Wildman–Crippen LogP) is 4.35. The van der Waals surface area contributed by atoms with Gasteiger partial charge in [0.2, 0.25) is 0 Å². The Morgan fingerprint density at radius 1 is 1.15 bits per heavy atom. The van der Waals surface area contributed by atoms with Gasteiger partial charge in [0.15, 0.2) is 0 Å². The number of ether oxygens (including phenoxy) is 1. The standard InChI is InChI=1S/C15H14F3NO/c1-10-8-12(16)6-7-13(10)19-9-11-4-2-3-5-14(11)20-15(17)18/h2-8,15,19H,9H2,1H3. The zero-order valence-corrected chi connectivity index (χ0v) is 10.9. The van der Waals surface area contributed by atoms with Crippen molar-refractivity contribution in [3.8, 4) is 5.75 Å². The lowest BCUT2D eigenvalue weighted by molar-refractivity contribution is -0.0504. The molecule has 20 heavy (non-hydrogen) atoms. The number of anilines is 1. The predicted molar refractivity (Wildman–Crippen MR) is 71.5 cm³/mol. The average Bonchev–Trinajstić information content (AvgIpc) is 2.39. The zero-order valence-electron chi connectivity index (χ0n) is 10.9. The summed E-state index contributed by atoms with van der Waals surface area (Å²) in [5.41, 5.74) is 2.10. The second-order valence-corrected chi connectivity index (χ2v) is 4.30. The minimum absolute atomic E-state index is 0.134. The summed E-state index contributed by atoms with van der Waals surface area (Å²) in [6, 6.07) is 10.9. The highest BCUT2D eigenvalue weighted by molar-refractivity contribution is 5.51. The normalized spacial score (nSPS) is 10.7. The van der Waals surface area contributed by atoms with Crippen LogP contribution < -0.4 is 10.1 Å². The third-order valence-corrected chi connectivity index (χ3v) is 2.85. The summed E-state index contributed by atoms with van der Waals surface area (Å²) in [6.07, 6.45) is 0. The fraction of sp³-hybridized carbons (Fsp3) is 0.200. The Morgan fingerprint density at radius 3 is 2.60 bits per heavy atom. The summed E-state index contributed by atoms with van der Waals surface area (Å²) >= 11 is 0. The van der Waals surface area contributed by atoms with E-state index in [0.29, 0.717) is 12.1 Å². The van der Waals surface area contributed by atoms with Crippen LogP contribution in [0.2, 0.25) is 0 Å². The molecule has 0 spiro atoms. The third kappa shape index (κ3) is 3.66. The van der Waals surface area contributed by atoms with E-state index in [-0.39, 0.29) is 11.6 Å². The van der Waals surface area contributed by atoms with Crippen molar-refractivity contribution in [1.82, 2.24) is 0 Å². The Morgan fingerprint density at radius 2 is 1.90 bits per heavy atom. The largest absolute Gasteiger partial charge is 0.434 e. The van der Waals surface area contributed by atoms with Crippen LogP contribution >= 0.6 is 0 Å². The maximum absolute atomic E-state index is 13.0. The zero-order chi connectivity index (χ0) is 14.5. The van der Waals surface area contributed by atoms with E-state index in [2.05, 4.69) is 10.1 Å². The van der Waals surface area contributed by atoms with E-state index < -0.39 is 6.61 Å². The molecule has 0 aliphatic rings. The number of para-hydroxylation sites is 1.